The Labute approximate surface area is 243 Å². The maximum Gasteiger partial charge on any atom is 0.199 e. The van der Waals surface area contributed by atoms with Gasteiger partial charge in [0.1, 0.15) is 0 Å². The van der Waals surface area contributed by atoms with E-state index in [4.69, 9.17) is 0 Å². The summed E-state index contributed by atoms with van der Waals surface area (Å²) in [5.41, 5.74) is 11.6. The Hall–Kier alpha value is -3.44. The molecule has 2 aliphatic carbocycles. The first-order valence-electron chi connectivity index (χ1n) is 14.6. The fourth-order valence-corrected chi connectivity index (χ4v) is 7.54. The van der Waals surface area contributed by atoms with E-state index in [1.807, 2.05) is 12.2 Å². The van der Waals surface area contributed by atoms with Gasteiger partial charge >= 0.3 is 0 Å². The molecule has 0 spiro atoms. The standard InChI is InChI=1S/C37H37NOS/c1-4-28-9-7-10-29(15-14-28)16-17-30-18-19-31(23-26(30)2)27(3)36(39)35-24-32-25-37(32,40-35)21-20-34-13-8-12-33-11-5-6-22-38(33)34/h4-6,8,11,16,18-19,22-24,32,34H,3,7,9-10,13-15,17,25H2,1-2H3/b28-4?,29-16-. The van der Waals surface area contributed by atoms with Crippen molar-refractivity contribution in [3.05, 3.63) is 118 Å². The highest BCUT2D eigenvalue weighted by atomic mass is 32.2. The molecule has 3 aliphatic heterocycles. The molecule has 2 nitrogen and oxygen atoms in total. The minimum Gasteiger partial charge on any atom is -0.327 e. The van der Waals surface area contributed by atoms with E-state index in [9.17, 15) is 4.79 Å². The third-order valence-corrected chi connectivity index (χ3v) is 10.3. The zero-order chi connectivity index (χ0) is 27.7. The van der Waals surface area contributed by atoms with Crippen LogP contribution in [0.1, 0.15) is 68.6 Å². The van der Waals surface area contributed by atoms with Gasteiger partial charge in [-0.2, -0.15) is 0 Å². The Balaban J connectivity index is 1.08. The summed E-state index contributed by atoms with van der Waals surface area (Å²) >= 11 is 1.65. The van der Waals surface area contributed by atoms with E-state index in [2.05, 4.69) is 97.7 Å². The number of allylic oxidation sites excluding steroid dienone is 9. The molecular weight excluding hydrogens is 506 g/mol. The molecule has 5 aliphatic rings. The summed E-state index contributed by atoms with van der Waals surface area (Å²) in [6, 6.07) is 6.51. The molecule has 6 rings (SSSR count). The lowest BCUT2D eigenvalue weighted by Crippen LogP contribution is -2.30. The fourth-order valence-electron chi connectivity index (χ4n) is 6.11. The lowest BCUT2D eigenvalue weighted by atomic mass is 9.95. The minimum atomic E-state index is -0.148. The summed E-state index contributed by atoms with van der Waals surface area (Å²) in [6.45, 7) is 8.54. The molecule has 3 unspecified atom stereocenters. The number of nitrogens with zero attached hydrogens (tertiary/aromatic N) is 1. The molecule has 0 saturated heterocycles. The smallest absolute Gasteiger partial charge is 0.199 e. The zero-order valence-corrected chi connectivity index (χ0v) is 24.4. The normalized spacial score (nSPS) is 28.3. The van der Waals surface area contributed by atoms with Gasteiger partial charge in [0, 0.05) is 24.1 Å². The molecule has 0 amide bonds. The Kier molecular flexibility index (Phi) is 7.50. The quantitative estimate of drug-likeness (QED) is 0.122. The van der Waals surface area contributed by atoms with Crippen molar-refractivity contribution in [2.75, 3.05) is 0 Å². The second-order valence-corrected chi connectivity index (χ2v) is 12.9. The Morgan fingerprint density at radius 3 is 2.92 bits per heavy atom. The second-order valence-electron chi connectivity index (χ2n) is 11.5. The van der Waals surface area contributed by atoms with Gasteiger partial charge in [0.15, 0.2) is 5.78 Å². The summed E-state index contributed by atoms with van der Waals surface area (Å²) < 4.78 is -0.148. The molecule has 40 heavy (non-hydrogen) atoms. The van der Waals surface area contributed by atoms with E-state index in [1.165, 1.54) is 43.2 Å². The van der Waals surface area contributed by atoms with Crippen LogP contribution < -0.4 is 0 Å². The van der Waals surface area contributed by atoms with Crippen LogP contribution in [0.4, 0.5) is 0 Å². The summed E-state index contributed by atoms with van der Waals surface area (Å²) in [5, 5.41) is 0. The summed E-state index contributed by atoms with van der Waals surface area (Å²) in [5.74, 6) is 7.50. The molecule has 202 valence electrons. The molecule has 3 heteroatoms. The number of aryl methyl sites for hydroxylation is 1. The van der Waals surface area contributed by atoms with E-state index < -0.39 is 0 Å². The van der Waals surface area contributed by atoms with E-state index in [-0.39, 0.29) is 16.6 Å². The van der Waals surface area contributed by atoms with Crippen LogP contribution in [-0.4, -0.2) is 21.5 Å². The maximum atomic E-state index is 13.5. The lowest BCUT2D eigenvalue weighted by molar-refractivity contribution is -0.109. The Morgan fingerprint density at radius 2 is 2.08 bits per heavy atom. The van der Waals surface area contributed by atoms with Gasteiger partial charge < -0.3 is 4.90 Å². The number of hydrogen-bond acceptors (Lipinski definition) is 3. The van der Waals surface area contributed by atoms with Gasteiger partial charge in [-0.3, -0.25) is 4.79 Å². The van der Waals surface area contributed by atoms with Crippen LogP contribution in [0.5, 0.6) is 0 Å². The SMILES string of the molecule is C=C(C(=O)C1=CC2CC2(C#CC2CC=C=C3C=CC=CN32)S1)c1ccc(C/C=C2/CCCC(=CC)CC2)c(C)c1. The van der Waals surface area contributed by atoms with Crippen molar-refractivity contribution < 1.29 is 4.79 Å². The van der Waals surface area contributed by atoms with Crippen LogP contribution in [0, 0.1) is 24.7 Å². The molecule has 0 N–H and O–H groups in total. The summed E-state index contributed by atoms with van der Waals surface area (Å²) in [6.07, 6.45) is 26.1. The molecule has 1 aromatic carbocycles. The highest BCUT2D eigenvalue weighted by Gasteiger charge is 2.58. The minimum absolute atomic E-state index is 0.0424. The molecular formula is C37H37NOS. The number of ketones is 1. The number of benzene rings is 1. The lowest BCUT2D eigenvalue weighted by Gasteiger charge is -2.29. The largest absolute Gasteiger partial charge is 0.327 e. The number of rotatable bonds is 5. The van der Waals surface area contributed by atoms with Crippen molar-refractivity contribution in [3.8, 4) is 11.8 Å². The highest BCUT2D eigenvalue weighted by Crippen LogP contribution is 2.63. The third kappa shape index (κ3) is 5.44. The predicted molar refractivity (Wildman–Crippen MR) is 168 cm³/mol. The molecule has 3 atom stereocenters. The van der Waals surface area contributed by atoms with Gasteiger partial charge in [-0.05, 0) is 93.7 Å². The van der Waals surface area contributed by atoms with Crippen LogP contribution in [-0.2, 0) is 11.2 Å². The van der Waals surface area contributed by atoms with Crippen molar-refractivity contribution in [2.24, 2.45) is 5.92 Å². The van der Waals surface area contributed by atoms with E-state index in [0.717, 1.165) is 35.4 Å². The summed E-state index contributed by atoms with van der Waals surface area (Å²) in [7, 11) is 0. The zero-order valence-electron chi connectivity index (χ0n) is 23.6. The highest BCUT2D eigenvalue weighted by molar-refractivity contribution is 8.06. The number of carbonyl (C=O) groups excluding carboxylic acids is 1. The van der Waals surface area contributed by atoms with Gasteiger partial charge in [0.25, 0.3) is 0 Å². The first kappa shape index (κ1) is 26.8. The first-order valence-corrected chi connectivity index (χ1v) is 15.4. The first-order chi connectivity index (χ1) is 19.5. The molecule has 3 heterocycles. The number of hydrogen-bond donors (Lipinski definition) is 0. The van der Waals surface area contributed by atoms with E-state index in [1.54, 1.807) is 22.9 Å². The third-order valence-electron chi connectivity index (χ3n) is 8.84. The van der Waals surface area contributed by atoms with Gasteiger partial charge in [0.05, 0.1) is 21.4 Å². The van der Waals surface area contributed by atoms with E-state index in [0.29, 0.717) is 11.5 Å². The maximum absolute atomic E-state index is 13.5. The van der Waals surface area contributed by atoms with Crippen molar-refractivity contribution in [2.45, 2.75) is 76.0 Å². The van der Waals surface area contributed by atoms with Crippen LogP contribution in [0.25, 0.3) is 5.57 Å². The Bertz CT molecular complexity index is 1540. The van der Waals surface area contributed by atoms with Crippen molar-refractivity contribution in [1.82, 2.24) is 4.90 Å². The van der Waals surface area contributed by atoms with Crippen LogP contribution >= 0.6 is 11.8 Å². The van der Waals surface area contributed by atoms with E-state index >= 15 is 0 Å². The van der Waals surface area contributed by atoms with Crippen molar-refractivity contribution in [3.63, 3.8) is 0 Å². The molecule has 2 saturated carbocycles. The predicted octanol–water partition coefficient (Wildman–Crippen LogP) is 8.55. The topological polar surface area (TPSA) is 20.3 Å². The molecule has 0 aromatic heterocycles. The van der Waals surface area contributed by atoms with Gasteiger partial charge in [-0.15, -0.1) is 11.8 Å². The molecule has 0 bridgehead atoms. The van der Waals surface area contributed by atoms with Gasteiger partial charge in [-0.25, -0.2) is 0 Å². The van der Waals surface area contributed by atoms with Crippen LogP contribution in [0.2, 0.25) is 0 Å². The molecule has 1 aromatic rings. The van der Waals surface area contributed by atoms with Crippen LogP contribution in [0.15, 0.2) is 101 Å². The molecule has 2 fully saturated rings. The van der Waals surface area contributed by atoms with Gasteiger partial charge in [0.2, 0.25) is 0 Å². The number of carbonyl (C=O) groups is 1. The fraction of sp³-hybridized carbons (Fsp3) is 0.351. The second kappa shape index (κ2) is 11.2. The van der Waals surface area contributed by atoms with Crippen molar-refractivity contribution in [1.29, 1.82) is 0 Å². The molecule has 0 radical (unpaired) electrons. The number of fused-ring (bicyclic) bond motifs is 2. The Morgan fingerprint density at radius 1 is 1.23 bits per heavy atom. The monoisotopic (exact) mass is 543 g/mol. The number of thioether (sulfide) groups is 1. The van der Waals surface area contributed by atoms with Crippen LogP contribution in [0.3, 0.4) is 0 Å². The average Bonchev–Trinajstić information content (AvgIpc) is 3.62. The summed E-state index contributed by atoms with van der Waals surface area (Å²) in [4.78, 5) is 16.5. The average molecular weight is 544 g/mol. The van der Waals surface area contributed by atoms with Crippen molar-refractivity contribution >= 4 is 23.1 Å². The number of Topliss-reactive ketones (excluding diaryl/α,β-unsaturated/α-hetero) is 1. The van der Waals surface area contributed by atoms with Gasteiger partial charge in [-0.1, -0.05) is 77.8 Å².